The maximum atomic E-state index is 12.2. The van der Waals surface area contributed by atoms with Crippen LogP contribution in [0.3, 0.4) is 0 Å². The number of carbonyl (C=O) groups is 2. The minimum absolute atomic E-state index is 0.0942. The third-order valence-corrected chi connectivity index (χ3v) is 5.21. The molecule has 0 aliphatic heterocycles. The standard InChI is InChI=1S/C22H25N3O4S/c1-15-5-7-18(8-6-15)29-11-4-3-10-23-20(26)13-17-14-30-22(24-17)25-21(27)19-9-12-28-16(19)2/h5-9,12,14H,3-4,10-11,13H2,1-2H3,(H,23,26)(H,24,25,27). The third kappa shape index (κ3) is 6.45. The van der Waals surface area contributed by atoms with Crippen LogP contribution in [0.25, 0.3) is 0 Å². The molecule has 2 N–H and O–H groups in total. The SMILES string of the molecule is Cc1ccc(OCCCCNC(=O)Cc2csc(NC(=O)c3ccoc3C)n2)cc1. The number of ether oxygens (including phenoxy) is 1. The molecule has 0 fully saturated rings. The molecule has 2 heterocycles. The van der Waals surface area contributed by atoms with Crippen LogP contribution in [0.15, 0.2) is 46.4 Å². The number of hydrogen-bond donors (Lipinski definition) is 2. The lowest BCUT2D eigenvalue weighted by molar-refractivity contribution is -0.120. The average Bonchev–Trinajstić information content (AvgIpc) is 3.34. The summed E-state index contributed by atoms with van der Waals surface area (Å²) in [6, 6.07) is 9.56. The van der Waals surface area contributed by atoms with Gasteiger partial charge in [0.05, 0.1) is 30.5 Å². The summed E-state index contributed by atoms with van der Waals surface area (Å²) in [5, 5.41) is 7.84. The largest absolute Gasteiger partial charge is 0.494 e. The lowest BCUT2D eigenvalue weighted by atomic mass is 10.2. The van der Waals surface area contributed by atoms with Gasteiger partial charge in [0.2, 0.25) is 5.91 Å². The molecular weight excluding hydrogens is 402 g/mol. The van der Waals surface area contributed by atoms with Gasteiger partial charge in [-0.3, -0.25) is 14.9 Å². The number of benzene rings is 1. The number of rotatable bonds is 10. The molecule has 8 heteroatoms. The number of aryl methyl sites for hydroxylation is 2. The number of nitrogens with one attached hydrogen (secondary N) is 2. The molecule has 7 nitrogen and oxygen atoms in total. The van der Waals surface area contributed by atoms with Gasteiger partial charge in [-0.2, -0.15) is 0 Å². The Morgan fingerprint density at radius 3 is 2.67 bits per heavy atom. The van der Waals surface area contributed by atoms with Crippen molar-refractivity contribution in [3.63, 3.8) is 0 Å². The fourth-order valence-electron chi connectivity index (χ4n) is 2.74. The second-order valence-electron chi connectivity index (χ2n) is 6.88. The topological polar surface area (TPSA) is 93.5 Å². The van der Waals surface area contributed by atoms with Gasteiger partial charge in [-0.05, 0) is 44.9 Å². The van der Waals surface area contributed by atoms with Crippen molar-refractivity contribution in [3.05, 3.63) is 64.6 Å². The zero-order valence-electron chi connectivity index (χ0n) is 17.1. The number of aromatic nitrogens is 1. The van der Waals surface area contributed by atoms with Crippen molar-refractivity contribution < 1.29 is 18.7 Å². The van der Waals surface area contributed by atoms with E-state index in [0.717, 1.165) is 18.6 Å². The van der Waals surface area contributed by atoms with Crippen molar-refractivity contribution in [1.82, 2.24) is 10.3 Å². The van der Waals surface area contributed by atoms with E-state index in [0.29, 0.717) is 35.3 Å². The Labute approximate surface area is 179 Å². The van der Waals surface area contributed by atoms with Crippen molar-refractivity contribution >= 4 is 28.3 Å². The van der Waals surface area contributed by atoms with Gasteiger partial charge in [-0.1, -0.05) is 17.7 Å². The molecule has 3 aromatic rings. The number of anilines is 1. The van der Waals surface area contributed by atoms with E-state index in [1.54, 1.807) is 18.4 Å². The van der Waals surface area contributed by atoms with Crippen LogP contribution in [0.1, 0.15) is 40.2 Å². The van der Waals surface area contributed by atoms with Crippen molar-refractivity contribution in [3.8, 4) is 5.75 Å². The summed E-state index contributed by atoms with van der Waals surface area (Å²) in [4.78, 5) is 28.6. The highest BCUT2D eigenvalue weighted by atomic mass is 32.1. The van der Waals surface area contributed by atoms with Gasteiger partial charge in [-0.25, -0.2) is 4.98 Å². The highest BCUT2D eigenvalue weighted by molar-refractivity contribution is 7.14. The molecule has 0 aliphatic rings. The highest BCUT2D eigenvalue weighted by Gasteiger charge is 2.14. The molecular formula is C22H25N3O4S. The fourth-order valence-corrected chi connectivity index (χ4v) is 3.44. The second kappa shape index (κ2) is 10.6. The van der Waals surface area contributed by atoms with Crippen LogP contribution >= 0.6 is 11.3 Å². The molecule has 0 radical (unpaired) electrons. The van der Waals surface area contributed by atoms with Crippen LogP contribution in [0.4, 0.5) is 5.13 Å². The molecule has 2 amide bonds. The Balaban J connectivity index is 1.32. The van der Waals surface area contributed by atoms with E-state index >= 15 is 0 Å². The predicted octanol–water partition coefficient (Wildman–Crippen LogP) is 4.12. The number of nitrogens with zero attached hydrogens (tertiary/aromatic N) is 1. The molecule has 0 spiro atoms. The van der Waals surface area contributed by atoms with E-state index in [2.05, 4.69) is 15.6 Å². The highest BCUT2D eigenvalue weighted by Crippen LogP contribution is 2.18. The Morgan fingerprint density at radius 2 is 1.93 bits per heavy atom. The molecule has 0 unspecified atom stereocenters. The van der Waals surface area contributed by atoms with Crippen LogP contribution in [-0.4, -0.2) is 29.9 Å². The Morgan fingerprint density at radius 1 is 1.13 bits per heavy atom. The summed E-state index contributed by atoms with van der Waals surface area (Å²) in [6.07, 6.45) is 3.34. The number of unbranched alkanes of at least 4 members (excludes halogenated alkanes) is 1. The summed E-state index contributed by atoms with van der Waals surface area (Å²) >= 11 is 1.29. The summed E-state index contributed by atoms with van der Waals surface area (Å²) in [5.74, 6) is 1.04. The first-order valence-corrected chi connectivity index (χ1v) is 10.7. The minimum Gasteiger partial charge on any atom is -0.494 e. The lowest BCUT2D eigenvalue weighted by Gasteiger charge is -2.07. The van der Waals surface area contributed by atoms with Crippen LogP contribution in [0.2, 0.25) is 0 Å². The molecule has 0 saturated heterocycles. The van der Waals surface area contributed by atoms with Gasteiger partial charge in [0.1, 0.15) is 11.5 Å². The number of amides is 2. The number of furan rings is 1. The first-order valence-electron chi connectivity index (χ1n) is 9.77. The summed E-state index contributed by atoms with van der Waals surface area (Å²) in [5.41, 5.74) is 2.29. The predicted molar refractivity (Wildman–Crippen MR) is 116 cm³/mol. The zero-order chi connectivity index (χ0) is 21.3. The average molecular weight is 428 g/mol. The van der Waals surface area contributed by atoms with Gasteiger partial charge in [0.15, 0.2) is 5.13 Å². The van der Waals surface area contributed by atoms with Gasteiger partial charge < -0.3 is 14.5 Å². The van der Waals surface area contributed by atoms with E-state index in [1.807, 2.05) is 31.2 Å². The van der Waals surface area contributed by atoms with Crippen LogP contribution in [0.5, 0.6) is 5.75 Å². The molecule has 30 heavy (non-hydrogen) atoms. The molecule has 2 aromatic heterocycles. The molecule has 3 rings (SSSR count). The molecule has 158 valence electrons. The van der Waals surface area contributed by atoms with E-state index in [-0.39, 0.29) is 18.2 Å². The van der Waals surface area contributed by atoms with Crippen molar-refractivity contribution in [2.45, 2.75) is 33.1 Å². The van der Waals surface area contributed by atoms with Crippen molar-refractivity contribution in [2.75, 3.05) is 18.5 Å². The maximum absolute atomic E-state index is 12.2. The van der Waals surface area contributed by atoms with Gasteiger partial charge in [0, 0.05) is 11.9 Å². The van der Waals surface area contributed by atoms with E-state index in [4.69, 9.17) is 9.15 Å². The van der Waals surface area contributed by atoms with Crippen molar-refractivity contribution in [2.24, 2.45) is 0 Å². The Bertz CT molecular complexity index is 978. The maximum Gasteiger partial charge on any atom is 0.260 e. The summed E-state index contributed by atoms with van der Waals surface area (Å²) in [6.45, 7) is 4.96. The second-order valence-corrected chi connectivity index (χ2v) is 7.74. The molecule has 0 aliphatic carbocycles. The molecule has 1 aromatic carbocycles. The van der Waals surface area contributed by atoms with E-state index < -0.39 is 0 Å². The van der Waals surface area contributed by atoms with Gasteiger partial charge >= 0.3 is 0 Å². The van der Waals surface area contributed by atoms with Crippen LogP contribution in [0, 0.1) is 13.8 Å². The van der Waals surface area contributed by atoms with E-state index in [9.17, 15) is 9.59 Å². The minimum atomic E-state index is -0.278. The fraction of sp³-hybridized carbons (Fsp3) is 0.318. The number of carbonyl (C=O) groups excluding carboxylic acids is 2. The summed E-state index contributed by atoms with van der Waals surface area (Å²) < 4.78 is 10.8. The first kappa shape index (κ1) is 21.6. The Kier molecular flexibility index (Phi) is 7.62. The number of hydrogen-bond acceptors (Lipinski definition) is 6. The first-order chi connectivity index (χ1) is 14.5. The zero-order valence-corrected chi connectivity index (χ0v) is 17.9. The van der Waals surface area contributed by atoms with Crippen LogP contribution < -0.4 is 15.4 Å². The lowest BCUT2D eigenvalue weighted by Crippen LogP contribution is -2.26. The summed E-state index contributed by atoms with van der Waals surface area (Å²) in [7, 11) is 0. The van der Waals surface area contributed by atoms with E-state index in [1.165, 1.54) is 23.2 Å². The normalized spacial score (nSPS) is 10.6. The van der Waals surface area contributed by atoms with Gasteiger partial charge in [-0.15, -0.1) is 11.3 Å². The smallest absolute Gasteiger partial charge is 0.260 e. The number of thiazole rings is 1. The van der Waals surface area contributed by atoms with Crippen molar-refractivity contribution in [1.29, 1.82) is 0 Å². The molecule has 0 bridgehead atoms. The monoisotopic (exact) mass is 427 g/mol. The third-order valence-electron chi connectivity index (χ3n) is 4.40. The molecule has 0 saturated carbocycles. The Hall–Kier alpha value is -3.13. The molecule has 0 atom stereocenters. The van der Waals surface area contributed by atoms with Crippen LogP contribution in [-0.2, 0) is 11.2 Å². The van der Waals surface area contributed by atoms with Gasteiger partial charge in [0.25, 0.3) is 5.91 Å². The quantitative estimate of drug-likeness (QED) is 0.475.